The van der Waals surface area contributed by atoms with Crippen LogP contribution in [0.15, 0.2) is 35.1 Å². The van der Waals surface area contributed by atoms with Crippen molar-refractivity contribution in [3.8, 4) is 0 Å². The number of nitrogens with one attached hydrogen (secondary N) is 1. The molecule has 1 aliphatic rings. The smallest absolute Gasteiger partial charge is 0.261 e. The molecule has 0 bridgehead atoms. The van der Waals surface area contributed by atoms with Gasteiger partial charge in [-0.05, 0) is 38.1 Å². The second-order valence-electron chi connectivity index (χ2n) is 6.68. The van der Waals surface area contributed by atoms with E-state index in [-0.39, 0.29) is 11.5 Å². The van der Waals surface area contributed by atoms with Gasteiger partial charge in [-0.1, -0.05) is 36.3 Å². The number of nitrogens with zero attached hydrogens (tertiary/aromatic N) is 3. The highest BCUT2D eigenvalue weighted by molar-refractivity contribution is 7.18. The fraction of sp³-hybridized carbons (Fsp3) is 0.421. The van der Waals surface area contributed by atoms with Gasteiger partial charge >= 0.3 is 0 Å². The van der Waals surface area contributed by atoms with Crippen LogP contribution in [0, 0.1) is 0 Å². The molecule has 0 spiro atoms. The van der Waals surface area contributed by atoms with Crippen molar-refractivity contribution in [2.45, 2.75) is 25.7 Å². The number of carbonyl (C=O) groups excluding carboxylic acids is 1. The van der Waals surface area contributed by atoms with Crippen molar-refractivity contribution in [2.75, 3.05) is 26.2 Å². The highest BCUT2D eigenvalue weighted by atomic mass is 32.1. The molecule has 0 atom stereocenters. The van der Waals surface area contributed by atoms with Gasteiger partial charge in [-0.15, -0.1) is 0 Å². The van der Waals surface area contributed by atoms with Gasteiger partial charge in [-0.3, -0.25) is 14.0 Å². The molecular weight excluding hydrogens is 348 g/mol. The lowest BCUT2D eigenvalue weighted by Crippen LogP contribution is -2.35. The topological polar surface area (TPSA) is 66.7 Å². The Kier molecular flexibility index (Phi) is 4.99. The van der Waals surface area contributed by atoms with Crippen molar-refractivity contribution < 1.29 is 4.79 Å². The first-order valence-corrected chi connectivity index (χ1v) is 9.96. The monoisotopic (exact) mass is 370 g/mol. The largest absolute Gasteiger partial charge is 0.350 e. The van der Waals surface area contributed by atoms with Gasteiger partial charge < -0.3 is 10.2 Å². The second-order valence-corrected chi connectivity index (χ2v) is 7.69. The van der Waals surface area contributed by atoms with E-state index in [2.05, 4.69) is 15.2 Å². The molecule has 3 heterocycles. The summed E-state index contributed by atoms with van der Waals surface area (Å²) >= 11 is 1.25. The lowest BCUT2D eigenvalue weighted by atomic mass is 10.2. The van der Waals surface area contributed by atoms with Crippen LogP contribution in [0.1, 0.15) is 35.4 Å². The fourth-order valence-corrected chi connectivity index (χ4v) is 4.42. The highest BCUT2D eigenvalue weighted by Gasteiger charge is 2.14. The number of hydrogen-bond acceptors (Lipinski definition) is 5. The van der Waals surface area contributed by atoms with Crippen molar-refractivity contribution in [1.82, 2.24) is 19.6 Å². The van der Waals surface area contributed by atoms with Crippen LogP contribution in [0.3, 0.4) is 0 Å². The van der Waals surface area contributed by atoms with E-state index in [0.717, 1.165) is 30.7 Å². The summed E-state index contributed by atoms with van der Waals surface area (Å²) in [5.41, 5.74) is 1.32. The van der Waals surface area contributed by atoms with Gasteiger partial charge in [-0.25, -0.2) is 4.98 Å². The number of likely N-dealkylation sites (tertiary alicyclic amines) is 1. The Labute approximate surface area is 155 Å². The van der Waals surface area contributed by atoms with Crippen molar-refractivity contribution in [3.05, 3.63) is 45.6 Å². The number of para-hydroxylation sites is 2. The average Bonchev–Trinajstić information content (AvgIpc) is 2.82. The first-order valence-electron chi connectivity index (χ1n) is 9.14. The summed E-state index contributed by atoms with van der Waals surface area (Å²) in [7, 11) is 0. The fourth-order valence-electron chi connectivity index (χ4n) is 3.48. The summed E-state index contributed by atoms with van der Waals surface area (Å²) in [4.78, 5) is 32.8. The van der Waals surface area contributed by atoms with E-state index >= 15 is 0 Å². The zero-order valence-electron chi connectivity index (χ0n) is 14.6. The third kappa shape index (κ3) is 3.50. The van der Waals surface area contributed by atoms with Gasteiger partial charge in [0.05, 0.1) is 11.0 Å². The molecule has 1 N–H and O–H groups in total. The molecule has 1 aliphatic heterocycles. The van der Waals surface area contributed by atoms with Gasteiger partial charge in [0, 0.05) is 19.2 Å². The average molecular weight is 370 g/mol. The third-order valence-corrected chi connectivity index (χ3v) is 5.82. The second kappa shape index (κ2) is 7.55. The molecule has 0 unspecified atom stereocenters. The quantitative estimate of drug-likeness (QED) is 0.766. The van der Waals surface area contributed by atoms with Gasteiger partial charge in [-0.2, -0.15) is 0 Å². The summed E-state index contributed by atoms with van der Waals surface area (Å²) in [5.74, 6) is -0.198. The SMILES string of the molecule is O=C(NCCN1CCCCCC1)c1cc(=O)n2c(nc3ccccc32)s1. The molecule has 136 valence electrons. The molecule has 3 aromatic rings. The zero-order chi connectivity index (χ0) is 17.9. The molecule has 0 aliphatic carbocycles. The van der Waals surface area contributed by atoms with Crippen LogP contribution in [0.2, 0.25) is 0 Å². The Bertz CT molecular complexity index is 986. The minimum Gasteiger partial charge on any atom is -0.350 e. The standard InChI is InChI=1S/C19H22N4O2S/c24-17-13-16(18(25)20-9-12-22-10-5-1-2-6-11-22)26-19-21-14-7-3-4-8-15(14)23(17)19/h3-4,7-8,13H,1-2,5-6,9-12H2,(H,20,25). The molecule has 4 rings (SSSR count). The normalized spacial score (nSPS) is 16.0. The highest BCUT2D eigenvalue weighted by Crippen LogP contribution is 2.19. The first kappa shape index (κ1) is 17.2. The lowest BCUT2D eigenvalue weighted by molar-refractivity contribution is 0.0952. The van der Waals surface area contributed by atoms with Gasteiger partial charge in [0.2, 0.25) is 0 Å². The van der Waals surface area contributed by atoms with Crippen LogP contribution in [0.4, 0.5) is 0 Å². The molecule has 0 radical (unpaired) electrons. The number of aromatic nitrogens is 2. The molecule has 1 amide bonds. The van der Waals surface area contributed by atoms with Gasteiger partial charge in [0.25, 0.3) is 11.5 Å². The zero-order valence-corrected chi connectivity index (χ0v) is 15.4. The van der Waals surface area contributed by atoms with Crippen LogP contribution in [-0.4, -0.2) is 46.4 Å². The maximum absolute atomic E-state index is 12.5. The molecular formula is C19H22N4O2S. The Morgan fingerprint density at radius 3 is 2.73 bits per heavy atom. The summed E-state index contributed by atoms with van der Waals surface area (Å²) in [6, 6.07) is 8.91. The van der Waals surface area contributed by atoms with E-state index in [9.17, 15) is 9.59 Å². The predicted octanol–water partition coefficient (Wildman–Crippen LogP) is 2.52. The maximum atomic E-state index is 12.5. The van der Waals surface area contributed by atoms with E-state index in [1.165, 1.54) is 43.1 Å². The number of carbonyl (C=O) groups is 1. The maximum Gasteiger partial charge on any atom is 0.261 e. The van der Waals surface area contributed by atoms with Gasteiger partial charge in [0.15, 0.2) is 4.96 Å². The van der Waals surface area contributed by atoms with E-state index in [1.807, 2.05) is 24.3 Å². The number of fused-ring (bicyclic) bond motifs is 3. The lowest BCUT2D eigenvalue weighted by Gasteiger charge is -2.19. The van der Waals surface area contributed by atoms with Crippen molar-refractivity contribution in [2.24, 2.45) is 0 Å². The Morgan fingerprint density at radius 2 is 1.92 bits per heavy atom. The molecule has 0 saturated carbocycles. The van der Waals surface area contributed by atoms with Crippen molar-refractivity contribution in [1.29, 1.82) is 0 Å². The molecule has 1 aromatic carbocycles. The van der Waals surface area contributed by atoms with Crippen LogP contribution in [0.25, 0.3) is 16.0 Å². The van der Waals surface area contributed by atoms with Gasteiger partial charge in [0.1, 0.15) is 4.88 Å². The number of amides is 1. The number of rotatable bonds is 4. The molecule has 1 fully saturated rings. The van der Waals surface area contributed by atoms with Crippen LogP contribution >= 0.6 is 11.3 Å². The van der Waals surface area contributed by atoms with E-state index in [0.29, 0.717) is 16.4 Å². The summed E-state index contributed by atoms with van der Waals surface area (Å²) < 4.78 is 1.56. The third-order valence-electron chi connectivity index (χ3n) is 4.84. The minimum atomic E-state index is -0.217. The van der Waals surface area contributed by atoms with Crippen LogP contribution in [0.5, 0.6) is 0 Å². The molecule has 26 heavy (non-hydrogen) atoms. The number of imidazole rings is 1. The summed E-state index contributed by atoms with van der Waals surface area (Å²) in [6.45, 7) is 3.67. The summed E-state index contributed by atoms with van der Waals surface area (Å²) in [6.07, 6.45) is 5.07. The summed E-state index contributed by atoms with van der Waals surface area (Å²) in [5, 5.41) is 2.95. The molecule has 2 aromatic heterocycles. The van der Waals surface area contributed by atoms with Crippen molar-refractivity contribution >= 4 is 33.2 Å². The van der Waals surface area contributed by atoms with Crippen molar-refractivity contribution in [3.63, 3.8) is 0 Å². The number of benzene rings is 1. The molecule has 1 saturated heterocycles. The minimum absolute atomic E-state index is 0.198. The first-order chi connectivity index (χ1) is 12.7. The predicted molar refractivity (Wildman–Crippen MR) is 104 cm³/mol. The Morgan fingerprint density at radius 1 is 1.15 bits per heavy atom. The Balaban J connectivity index is 1.48. The van der Waals surface area contributed by atoms with E-state index in [4.69, 9.17) is 0 Å². The molecule has 6 nitrogen and oxygen atoms in total. The van der Waals surface area contributed by atoms with Crippen LogP contribution in [-0.2, 0) is 0 Å². The van der Waals surface area contributed by atoms with E-state index < -0.39 is 0 Å². The Hall–Kier alpha value is -2.25. The number of hydrogen-bond donors (Lipinski definition) is 1. The molecule has 7 heteroatoms. The van der Waals surface area contributed by atoms with Crippen LogP contribution < -0.4 is 10.9 Å². The van der Waals surface area contributed by atoms with E-state index in [1.54, 1.807) is 4.40 Å².